The summed E-state index contributed by atoms with van der Waals surface area (Å²) >= 11 is 8.04. The first-order valence-electron chi connectivity index (χ1n) is 4.46. The standard InChI is InChI=1S/C9H17ClS/c1-11-6-5-8-3-2-4-9(10)7-8/h8-9H,2-7H2,1H3. The molecule has 0 aromatic rings. The zero-order valence-electron chi connectivity index (χ0n) is 7.18. The lowest BCUT2D eigenvalue weighted by molar-refractivity contribution is 0.356. The van der Waals surface area contributed by atoms with Crippen LogP contribution in [-0.4, -0.2) is 17.4 Å². The fourth-order valence-electron chi connectivity index (χ4n) is 1.77. The van der Waals surface area contributed by atoms with Crippen LogP contribution in [0.2, 0.25) is 0 Å². The normalized spacial score (nSPS) is 32.2. The van der Waals surface area contributed by atoms with Crippen LogP contribution in [0, 0.1) is 5.92 Å². The van der Waals surface area contributed by atoms with Crippen molar-refractivity contribution in [2.45, 2.75) is 37.5 Å². The fraction of sp³-hybridized carbons (Fsp3) is 1.00. The van der Waals surface area contributed by atoms with Crippen molar-refractivity contribution in [3.05, 3.63) is 0 Å². The van der Waals surface area contributed by atoms with Crippen LogP contribution < -0.4 is 0 Å². The summed E-state index contributed by atoms with van der Waals surface area (Å²) in [4.78, 5) is 0. The van der Waals surface area contributed by atoms with Gasteiger partial charge in [-0.1, -0.05) is 12.8 Å². The summed E-state index contributed by atoms with van der Waals surface area (Å²) < 4.78 is 0. The lowest BCUT2D eigenvalue weighted by Crippen LogP contribution is -2.15. The highest BCUT2D eigenvalue weighted by atomic mass is 35.5. The van der Waals surface area contributed by atoms with E-state index in [1.807, 2.05) is 11.8 Å². The van der Waals surface area contributed by atoms with Gasteiger partial charge in [-0.15, -0.1) is 11.6 Å². The number of halogens is 1. The molecule has 11 heavy (non-hydrogen) atoms. The van der Waals surface area contributed by atoms with Crippen LogP contribution in [0.15, 0.2) is 0 Å². The van der Waals surface area contributed by atoms with Gasteiger partial charge in [-0.3, -0.25) is 0 Å². The Hall–Kier alpha value is 0.640. The minimum absolute atomic E-state index is 0.482. The maximum Gasteiger partial charge on any atom is 0.0338 e. The molecule has 0 nitrogen and oxygen atoms in total. The highest BCUT2D eigenvalue weighted by molar-refractivity contribution is 7.98. The van der Waals surface area contributed by atoms with Gasteiger partial charge in [0.05, 0.1) is 0 Å². The molecule has 0 amide bonds. The molecule has 2 unspecified atom stereocenters. The van der Waals surface area contributed by atoms with Crippen LogP contribution in [0.5, 0.6) is 0 Å². The van der Waals surface area contributed by atoms with Gasteiger partial charge in [0.25, 0.3) is 0 Å². The van der Waals surface area contributed by atoms with Gasteiger partial charge < -0.3 is 0 Å². The molecule has 0 radical (unpaired) electrons. The van der Waals surface area contributed by atoms with Crippen LogP contribution in [-0.2, 0) is 0 Å². The number of rotatable bonds is 3. The molecule has 2 heteroatoms. The van der Waals surface area contributed by atoms with Crippen molar-refractivity contribution in [2.75, 3.05) is 12.0 Å². The highest BCUT2D eigenvalue weighted by Crippen LogP contribution is 2.30. The first kappa shape index (κ1) is 9.73. The molecular weight excluding hydrogens is 176 g/mol. The molecule has 0 saturated heterocycles. The van der Waals surface area contributed by atoms with Crippen molar-refractivity contribution >= 4 is 23.4 Å². The highest BCUT2D eigenvalue weighted by Gasteiger charge is 2.19. The fourth-order valence-corrected chi connectivity index (χ4v) is 2.75. The Kier molecular flexibility index (Phi) is 4.70. The van der Waals surface area contributed by atoms with E-state index in [1.54, 1.807) is 0 Å². The molecule has 2 atom stereocenters. The van der Waals surface area contributed by atoms with E-state index in [0.29, 0.717) is 5.38 Å². The van der Waals surface area contributed by atoms with E-state index >= 15 is 0 Å². The predicted molar refractivity (Wildman–Crippen MR) is 54.6 cm³/mol. The molecule has 1 fully saturated rings. The second-order valence-electron chi connectivity index (χ2n) is 3.41. The Morgan fingerprint density at radius 3 is 2.91 bits per heavy atom. The summed E-state index contributed by atoms with van der Waals surface area (Å²) in [5.74, 6) is 2.24. The molecule has 1 saturated carbocycles. The van der Waals surface area contributed by atoms with Gasteiger partial charge in [-0.2, -0.15) is 11.8 Å². The summed E-state index contributed by atoms with van der Waals surface area (Å²) in [5, 5.41) is 0.482. The molecule has 1 aliphatic rings. The molecule has 1 rings (SSSR count). The number of hydrogen-bond donors (Lipinski definition) is 0. The van der Waals surface area contributed by atoms with Crippen LogP contribution in [0.1, 0.15) is 32.1 Å². The Morgan fingerprint density at radius 1 is 1.45 bits per heavy atom. The topological polar surface area (TPSA) is 0 Å². The third kappa shape index (κ3) is 3.71. The van der Waals surface area contributed by atoms with Crippen molar-refractivity contribution in [3.8, 4) is 0 Å². The minimum atomic E-state index is 0.482. The van der Waals surface area contributed by atoms with Gasteiger partial charge in [0.1, 0.15) is 0 Å². The summed E-state index contributed by atoms with van der Waals surface area (Å²) in [6.07, 6.45) is 8.85. The Balaban J connectivity index is 2.12. The van der Waals surface area contributed by atoms with E-state index in [4.69, 9.17) is 11.6 Å². The van der Waals surface area contributed by atoms with Gasteiger partial charge in [-0.05, 0) is 37.2 Å². The third-order valence-electron chi connectivity index (χ3n) is 2.45. The maximum atomic E-state index is 6.08. The maximum absolute atomic E-state index is 6.08. The lowest BCUT2D eigenvalue weighted by atomic mass is 9.87. The molecule has 1 aliphatic carbocycles. The molecule has 0 spiro atoms. The second kappa shape index (κ2) is 5.31. The Labute approximate surface area is 79.1 Å². The lowest BCUT2D eigenvalue weighted by Gasteiger charge is -2.24. The molecule has 0 bridgehead atoms. The smallest absolute Gasteiger partial charge is 0.0338 e. The van der Waals surface area contributed by atoms with Gasteiger partial charge in [-0.25, -0.2) is 0 Å². The van der Waals surface area contributed by atoms with E-state index in [-0.39, 0.29) is 0 Å². The molecule has 0 aliphatic heterocycles. The third-order valence-corrected chi connectivity index (χ3v) is 3.49. The summed E-state index contributed by atoms with van der Waals surface area (Å²) in [7, 11) is 0. The van der Waals surface area contributed by atoms with Gasteiger partial charge in [0.2, 0.25) is 0 Å². The van der Waals surface area contributed by atoms with E-state index in [9.17, 15) is 0 Å². The van der Waals surface area contributed by atoms with Gasteiger partial charge >= 0.3 is 0 Å². The first-order valence-corrected chi connectivity index (χ1v) is 6.29. The minimum Gasteiger partial charge on any atom is -0.165 e. The van der Waals surface area contributed by atoms with E-state index in [0.717, 1.165) is 5.92 Å². The number of hydrogen-bond acceptors (Lipinski definition) is 1. The van der Waals surface area contributed by atoms with Crippen molar-refractivity contribution in [2.24, 2.45) is 5.92 Å². The van der Waals surface area contributed by atoms with Crippen molar-refractivity contribution in [3.63, 3.8) is 0 Å². The Morgan fingerprint density at radius 2 is 2.27 bits per heavy atom. The van der Waals surface area contributed by atoms with E-state index in [2.05, 4.69) is 6.26 Å². The number of alkyl halides is 1. The van der Waals surface area contributed by atoms with Gasteiger partial charge in [0, 0.05) is 5.38 Å². The van der Waals surface area contributed by atoms with Crippen molar-refractivity contribution in [1.82, 2.24) is 0 Å². The van der Waals surface area contributed by atoms with Crippen LogP contribution in [0.4, 0.5) is 0 Å². The number of thioether (sulfide) groups is 1. The van der Waals surface area contributed by atoms with Crippen molar-refractivity contribution in [1.29, 1.82) is 0 Å². The van der Waals surface area contributed by atoms with E-state index < -0.39 is 0 Å². The molecule has 0 N–H and O–H groups in total. The summed E-state index contributed by atoms with van der Waals surface area (Å²) in [5.41, 5.74) is 0. The quantitative estimate of drug-likeness (QED) is 0.617. The molecule has 0 heterocycles. The molecule has 0 aromatic carbocycles. The second-order valence-corrected chi connectivity index (χ2v) is 5.01. The van der Waals surface area contributed by atoms with Crippen LogP contribution in [0.25, 0.3) is 0 Å². The molecule has 66 valence electrons. The summed E-state index contributed by atoms with van der Waals surface area (Å²) in [6.45, 7) is 0. The molecular formula is C9H17ClS. The molecule has 0 aromatic heterocycles. The summed E-state index contributed by atoms with van der Waals surface area (Å²) in [6, 6.07) is 0. The zero-order chi connectivity index (χ0) is 8.10. The van der Waals surface area contributed by atoms with Gasteiger partial charge in [0.15, 0.2) is 0 Å². The van der Waals surface area contributed by atoms with Crippen molar-refractivity contribution < 1.29 is 0 Å². The first-order chi connectivity index (χ1) is 5.33. The van der Waals surface area contributed by atoms with Crippen LogP contribution >= 0.6 is 23.4 Å². The monoisotopic (exact) mass is 192 g/mol. The average molecular weight is 193 g/mol. The van der Waals surface area contributed by atoms with E-state index in [1.165, 1.54) is 37.9 Å². The largest absolute Gasteiger partial charge is 0.165 e. The zero-order valence-corrected chi connectivity index (χ0v) is 8.76. The predicted octanol–water partition coefficient (Wildman–Crippen LogP) is 3.54. The van der Waals surface area contributed by atoms with Crippen LogP contribution in [0.3, 0.4) is 0 Å². The average Bonchev–Trinajstić information content (AvgIpc) is 2.01. The Bertz CT molecular complexity index is 106. The SMILES string of the molecule is CSCCC1CCCC(Cl)C1.